The van der Waals surface area contributed by atoms with Crippen LogP contribution in [0.4, 0.5) is 0 Å². The fourth-order valence-electron chi connectivity index (χ4n) is 3.07. The van der Waals surface area contributed by atoms with Crippen molar-refractivity contribution in [2.75, 3.05) is 6.61 Å². The average Bonchev–Trinajstić information content (AvgIpc) is 3.15. The minimum atomic E-state index is -0.451. The molecule has 1 aromatic heterocycles. The molecule has 1 aliphatic carbocycles. The summed E-state index contributed by atoms with van der Waals surface area (Å²) in [5.41, 5.74) is 6.55. The quantitative estimate of drug-likeness (QED) is 0.657. The third-order valence-electron chi connectivity index (χ3n) is 4.34. The molecule has 27 heavy (non-hydrogen) atoms. The molecule has 1 aromatic rings. The molecule has 0 radical (unpaired) electrons. The molecule has 0 aromatic carbocycles. The Hall–Kier alpha value is -1.24. The molecule has 4 N–H and O–H groups in total. The zero-order valence-electron chi connectivity index (χ0n) is 18.1. The summed E-state index contributed by atoms with van der Waals surface area (Å²) in [6.45, 7) is 11.3. The van der Waals surface area contributed by atoms with Gasteiger partial charge in [-0.2, -0.15) is 0 Å². The number of aldehydes is 1. The first-order valence-corrected chi connectivity index (χ1v) is 10.5. The van der Waals surface area contributed by atoms with Crippen LogP contribution in [-0.2, 0) is 22.5 Å². The van der Waals surface area contributed by atoms with Crippen molar-refractivity contribution < 1.29 is 15.0 Å². The second kappa shape index (κ2) is 18.1. The number of nitrogens with zero attached hydrogens (tertiary/aromatic N) is 2. The van der Waals surface area contributed by atoms with Gasteiger partial charge in [-0.25, -0.2) is 4.98 Å². The van der Waals surface area contributed by atoms with Crippen LogP contribution in [-0.4, -0.2) is 40.1 Å². The van der Waals surface area contributed by atoms with Gasteiger partial charge in [0.2, 0.25) is 0 Å². The molecule has 0 bridgehead atoms. The highest BCUT2D eigenvalue weighted by molar-refractivity contribution is 5.56. The fraction of sp³-hybridized carbons (Fsp3) is 0.810. The highest BCUT2D eigenvalue weighted by atomic mass is 16.5. The first-order chi connectivity index (χ1) is 12.7. The number of carbonyl (C=O) groups excluding carboxylic acids is 1. The number of hydrogen-bond acceptors (Lipinski definition) is 4. The standard InChI is InChI=1S/C17H29N3O2.2C2H6.H2O/c1-14(18)12-22-17(11-21)9-16-10-20(13-19-16)8-7-15-5-3-2-4-6-15;2*1-2;/h10-11,13-15,17H,2-9,12,18H2,1H3;2*1-2H3;1H2. The van der Waals surface area contributed by atoms with Crippen LogP contribution in [0, 0.1) is 5.92 Å². The molecule has 2 rings (SSSR count). The van der Waals surface area contributed by atoms with Crippen LogP contribution in [0.5, 0.6) is 0 Å². The Labute approximate surface area is 166 Å². The lowest BCUT2D eigenvalue weighted by Gasteiger charge is -2.21. The van der Waals surface area contributed by atoms with E-state index in [0.29, 0.717) is 13.0 Å². The molecule has 160 valence electrons. The fourth-order valence-corrected chi connectivity index (χ4v) is 3.07. The Morgan fingerprint density at radius 2 is 1.89 bits per heavy atom. The number of aryl methyl sites for hydroxylation is 1. The molecule has 1 aliphatic rings. The molecule has 1 heterocycles. The van der Waals surface area contributed by atoms with Crippen molar-refractivity contribution in [3.8, 4) is 0 Å². The van der Waals surface area contributed by atoms with E-state index in [1.54, 1.807) is 0 Å². The van der Waals surface area contributed by atoms with Gasteiger partial charge in [0.1, 0.15) is 12.4 Å². The number of hydrogen-bond donors (Lipinski definition) is 1. The third kappa shape index (κ3) is 12.7. The van der Waals surface area contributed by atoms with Crippen molar-refractivity contribution in [3.05, 3.63) is 18.2 Å². The first kappa shape index (κ1) is 28.0. The Bertz CT molecular complexity index is 444. The summed E-state index contributed by atoms with van der Waals surface area (Å²) >= 11 is 0. The van der Waals surface area contributed by atoms with E-state index in [2.05, 4.69) is 9.55 Å². The molecule has 0 spiro atoms. The van der Waals surface area contributed by atoms with Crippen LogP contribution in [0.2, 0.25) is 0 Å². The average molecular weight is 386 g/mol. The number of ether oxygens (including phenoxy) is 1. The van der Waals surface area contributed by atoms with Crippen LogP contribution >= 0.6 is 0 Å². The van der Waals surface area contributed by atoms with Gasteiger partial charge in [0.05, 0.1) is 18.6 Å². The minimum absolute atomic E-state index is 0. The van der Waals surface area contributed by atoms with Crippen molar-refractivity contribution >= 4 is 6.29 Å². The third-order valence-corrected chi connectivity index (χ3v) is 4.34. The van der Waals surface area contributed by atoms with E-state index in [1.807, 2.05) is 47.1 Å². The van der Waals surface area contributed by atoms with E-state index in [1.165, 1.54) is 38.5 Å². The number of carbonyl (C=O) groups is 1. The second-order valence-electron chi connectivity index (χ2n) is 6.58. The highest BCUT2D eigenvalue weighted by Gasteiger charge is 2.14. The minimum Gasteiger partial charge on any atom is -0.412 e. The van der Waals surface area contributed by atoms with Gasteiger partial charge in [-0.05, 0) is 19.3 Å². The van der Waals surface area contributed by atoms with Crippen molar-refractivity contribution in [3.63, 3.8) is 0 Å². The van der Waals surface area contributed by atoms with Gasteiger partial charge in [0.25, 0.3) is 0 Å². The predicted molar refractivity (Wildman–Crippen MR) is 113 cm³/mol. The number of imidazole rings is 1. The molecular weight excluding hydrogens is 342 g/mol. The zero-order chi connectivity index (χ0) is 19.8. The Kier molecular flexibility index (Phi) is 18.8. The number of aromatic nitrogens is 2. The van der Waals surface area contributed by atoms with Gasteiger partial charge in [0.15, 0.2) is 0 Å². The molecule has 2 atom stereocenters. The lowest BCUT2D eigenvalue weighted by molar-refractivity contribution is -0.118. The van der Waals surface area contributed by atoms with Crippen LogP contribution in [0.1, 0.15) is 78.8 Å². The Morgan fingerprint density at radius 1 is 1.26 bits per heavy atom. The maximum Gasteiger partial charge on any atom is 0.149 e. The van der Waals surface area contributed by atoms with E-state index in [4.69, 9.17) is 10.5 Å². The maximum absolute atomic E-state index is 11.1. The first-order valence-electron chi connectivity index (χ1n) is 10.5. The summed E-state index contributed by atoms with van der Waals surface area (Å²) in [6, 6.07) is -0.0597. The van der Waals surface area contributed by atoms with Crippen molar-refractivity contribution in [1.29, 1.82) is 0 Å². The van der Waals surface area contributed by atoms with E-state index in [0.717, 1.165) is 24.4 Å². The smallest absolute Gasteiger partial charge is 0.149 e. The Balaban J connectivity index is 0. The summed E-state index contributed by atoms with van der Waals surface area (Å²) in [7, 11) is 0. The van der Waals surface area contributed by atoms with Gasteiger partial charge < -0.3 is 25.3 Å². The molecule has 1 fully saturated rings. The molecular formula is C21H43N3O3. The van der Waals surface area contributed by atoms with Gasteiger partial charge in [-0.15, -0.1) is 0 Å². The van der Waals surface area contributed by atoms with E-state index >= 15 is 0 Å². The number of nitrogens with two attached hydrogens (primary N) is 1. The predicted octanol–water partition coefficient (Wildman–Crippen LogP) is 3.56. The molecule has 6 heteroatoms. The summed E-state index contributed by atoms with van der Waals surface area (Å²) in [6.07, 6.45) is 13.0. The summed E-state index contributed by atoms with van der Waals surface area (Å²) in [5.74, 6) is 0.872. The van der Waals surface area contributed by atoms with Gasteiger partial charge in [-0.3, -0.25) is 0 Å². The van der Waals surface area contributed by atoms with Crippen LogP contribution in [0.15, 0.2) is 12.5 Å². The lowest BCUT2D eigenvalue weighted by Crippen LogP contribution is -2.28. The largest absolute Gasteiger partial charge is 0.412 e. The van der Waals surface area contributed by atoms with E-state index < -0.39 is 6.10 Å². The summed E-state index contributed by atoms with van der Waals surface area (Å²) < 4.78 is 7.61. The summed E-state index contributed by atoms with van der Waals surface area (Å²) in [5, 5.41) is 0. The highest BCUT2D eigenvalue weighted by Crippen LogP contribution is 2.26. The molecule has 6 nitrogen and oxygen atoms in total. The molecule has 0 aliphatic heterocycles. The Morgan fingerprint density at radius 3 is 2.44 bits per heavy atom. The van der Waals surface area contributed by atoms with E-state index in [-0.39, 0.29) is 11.5 Å². The van der Waals surface area contributed by atoms with Crippen LogP contribution in [0.25, 0.3) is 0 Å². The normalized spacial score (nSPS) is 15.9. The molecule has 2 unspecified atom stereocenters. The van der Waals surface area contributed by atoms with Crippen molar-refractivity contribution in [2.24, 2.45) is 11.7 Å². The zero-order valence-corrected chi connectivity index (χ0v) is 18.1. The number of rotatable bonds is 9. The summed E-state index contributed by atoms with van der Waals surface area (Å²) in [4.78, 5) is 15.4. The molecule has 0 saturated heterocycles. The second-order valence-corrected chi connectivity index (χ2v) is 6.58. The van der Waals surface area contributed by atoms with Crippen molar-refractivity contribution in [1.82, 2.24) is 9.55 Å². The SMILES string of the molecule is CC.CC.CC(N)COC(C=O)Cc1cn(CCC2CCCCC2)cn1.O. The molecule has 1 saturated carbocycles. The van der Waals surface area contributed by atoms with E-state index in [9.17, 15) is 4.79 Å². The van der Waals surface area contributed by atoms with Gasteiger partial charge in [0, 0.05) is 25.2 Å². The van der Waals surface area contributed by atoms with Gasteiger partial charge >= 0.3 is 0 Å². The lowest BCUT2D eigenvalue weighted by atomic mass is 9.87. The van der Waals surface area contributed by atoms with Crippen LogP contribution in [0.3, 0.4) is 0 Å². The topological polar surface area (TPSA) is 102 Å². The van der Waals surface area contributed by atoms with Gasteiger partial charge in [-0.1, -0.05) is 59.8 Å². The molecule has 0 amide bonds. The van der Waals surface area contributed by atoms with Crippen molar-refractivity contribution in [2.45, 2.75) is 98.3 Å². The maximum atomic E-state index is 11.1. The van der Waals surface area contributed by atoms with Crippen LogP contribution < -0.4 is 5.73 Å². The monoisotopic (exact) mass is 385 g/mol.